The molecule has 1 heterocycles. The van der Waals surface area contributed by atoms with Crippen molar-refractivity contribution in [3.05, 3.63) is 51.7 Å². The summed E-state index contributed by atoms with van der Waals surface area (Å²) in [6, 6.07) is 9.72. The van der Waals surface area contributed by atoms with E-state index in [0.717, 1.165) is 16.9 Å². The largest absolute Gasteiger partial charge is 0.484 e. The van der Waals surface area contributed by atoms with E-state index in [9.17, 15) is 4.79 Å². The van der Waals surface area contributed by atoms with Crippen molar-refractivity contribution in [2.45, 2.75) is 20.3 Å². The Morgan fingerprint density at radius 3 is 2.71 bits per heavy atom. The Morgan fingerprint density at radius 2 is 2.10 bits per heavy atom. The maximum atomic E-state index is 11.6. The lowest BCUT2D eigenvalue weighted by molar-refractivity contribution is -0.123. The first-order chi connectivity index (χ1) is 10.2. The Hall–Kier alpha value is -2.14. The van der Waals surface area contributed by atoms with Gasteiger partial charge in [0.1, 0.15) is 5.75 Å². The number of ether oxygens (including phenoxy) is 1. The van der Waals surface area contributed by atoms with Crippen molar-refractivity contribution < 1.29 is 9.53 Å². The molecule has 21 heavy (non-hydrogen) atoms. The van der Waals surface area contributed by atoms with Gasteiger partial charge in [0.05, 0.1) is 6.21 Å². The fraction of sp³-hybridized carbons (Fsp3) is 0.250. The Balaban J connectivity index is 1.76. The summed E-state index contributed by atoms with van der Waals surface area (Å²) in [5, 5.41) is 5.91. The molecule has 0 radical (unpaired) electrons. The van der Waals surface area contributed by atoms with Crippen LogP contribution in [0, 0.1) is 6.92 Å². The van der Waals surface area contributed by atoms with Crippen LogP contribution in [0.15, 0.2) is 40.8 Å². The molecule has 0 fully saturated rings. The monoisotopic (exact) mass is 302 g/mol. The third-order valence-corrected chi connectivity index (χ3v) is 3.93. The minimum Gasteiger partial charge on any atom is -0.484 e. The summed E-state index contributed by atoms with van der Waals surface area (Å²) in [6.07, 6.45) is 2.63. The van der Waals surface area contributed by atoms with Gasteiger partial charge in [-0.1, -0.05) is 19.1 Å². The molecule has 0 unspecified atom stereocenters. The highest BCUT2D eigenvalue weighted by atomic mass is 32.1. The molecule has 0 spiro atoms. The van der Waals surface area contributed by atoms with E-state index >= 15 is 0 Å². The quantitative estimate of drug-likeness (QED) is 0.658. The maximum Gasteiger partial charge on any atom is 0.277 e. The molecule has 1 aromatic heterocycles. The Labute approximate surface area is 128 Å². The number of amides is 1. The fourth-order valence-electron chi connectivity index (χ4n) is 1.68. The number of carbonyl (C=O) groups is 1. The molecule has 2 rings (SSSR count). The van der Waals surface area contributed by atoms with E-state index in [1.165, 1.54) is 5.56 Å². The van der Waals surface area contributed by atoms with Gasteiger partial charge in [0.15, 0.2) is 6.61 Å². The van der Waals surface area contributed by atoms with Gasteiger partial charge in [-0.25, -0.2) is 5.43 Å². The molecule has 0 saturated heterocycles. The number of benzene rings is 1. The Kier molecular flexibility index (Phi) is 5.51. The predicted octanol–water partition coefficient (Wildman–Crippen LogP) is 3.15. The van der Waals surface area contributed by atoms with E-state index in [-0.39, 0.29) is 12.5 Å². The highest BCUT2D eigenvalue weighted by Crippen LogP contribution is 2.13. The van der Waals surface area contributed by atoms with E-state index in [1.807, 2.05) is 42.6 Å². The van der Waals surface area contributed by atoms with Crippen LogP contribution in [0.4, 0.5) is 0 Å². The van der Waals surface area contributed by atoms with Crippen molar-refractivity contribution in [3.63, 3.8) is 0 Å². The predicted molar refractivity (Wildman–Crippen MR) is 86.1 cm³/mol. The fourth-order valence-corrected chi connectivity index (χ4v) is 2.47. The van der Waals surface area contributed by atoms with Crippen molar-refractivity contribution in [3.8, 4) is 5.75 Å². The summed E-state index contributed by atoms with van der Waals surface area (Å²) < 4.78 is 5.40. The van der Waals surface area contributed by atoms with Crippen LogP contribution in [0.5, 0.6) is 5.75 Å². The van der Waals surface area contributed by atoms with E-state index < -0.39 is 0 Å². The molecule has 0 aliphatic carbocycles. The van der Waals surface area contributed by atoms with Gasteiger partial charge >= 0.3 is 0 Å². The van der Waals surface area contributed by atoms with Crippen LogP contribution in [0.2, 0.25) is 0 Å². The summed E-state index contributed by atoms with van der Waals surface area (Å²) in [7, 11) is 0. The normalized spacial score (nSPS) is 10.8. The standard InChI is InChI=1S/C16H18N2O2S/c1-3-13-4-6-14(7-5-13)20-11-16(19)18-17-10-15-12(2)8-9-21-15/h4-10H,3,11H2,1-2H3,(H,18,19)/b17-10+. The molecular formula is C16H18N2O2S. The number of nitrogens with one attached hydrogen (secondary N) is 1. The topological polar surface area (TPSA) is 50.7 Å². The van der Waals surface area contributed by atoms with Crippen LogP contribution in [-0.4, -0.2) is 18.7 Å². The number of hydrogen-bond acceptors (Lipinski definition) is 4. The SMILES string of the molecule is CCc1ccc(OCC(=O)N/N=C/c2sccc2C)cc1. The van der Waals surface area contributed by atoms with Gasteiger partial charge in [0.25, 0.3) is 5.91 Å². The van der Waals surface area contributed by atoms with E-state index in [0.29, 0.717) is 5.75 Å². The first-order valence-corrected chi connectivity index (χ1v) is 7.64. The minimum atomic E-state index is -0.278. The van der Waals surface area contributed by atoms with Crippen molar-refractivity contribution in [2.24, 2.45) is 5.10 Å². The molecule has 110 valence electrons. The summed E-state index contributed by atoms with van der Waals surface area (Å²) >= 11 is 1.58. The van der Waals surface area contributed by atoms with Crippen molar-refractivity contribution in [1.82, 2.24) is 5.43 Å². The van der Waals surface area contributed by atoms with Gasteiger partial charge in [-0.05, 0) is 48.1 Å². The zero-order valence-corrected chi connectivity index (χ0v) is 12.9. The molecule has 0 aliphatic heterocycles. The molecule has 1 aromatic carbocycles. The van der Waals surface area contributed by atoms with Crippen LogP contribution in [0.1, 0.15) is 22.9 Å². The van der Waals surface area contributed by atoms with Gasteiger partial charge in [0, 0.05) is 4.88 Å². The van der Waals surface area contributed by atoms with Gasteiger partial charge in [-0.15, -0.1) is 11.3 Å². The Morgan fingerprint density at radius 1 is 1.33 bits per heavy atom. The average molecular weight is 302 g/mol. The summed E-state index contributed by atoms with van der Waals surface area (Å²) in [6.45, 7) is 4.05. The molecule has 2 aromatic rings. The van der Waals surface area contributed by atoms with Gasteiger partial charge in [-0.3, -0.25) is 4.79 Å². The molecule has 0 atom stereocenters. The average Bonchev–Trinajstić information content (AvgIpc) is 2.91. The molecule has 1 amide bonds. The molecule has 4 nitrogen and oxygen atoms in total. The highest BCUT2D eigenvalue weighted by Gasteiger charge is 2.02. The molecule has 0 saturated carbocycles. The van der Waals surface area contributed by atoms with Crippen molar-refractivity contribution in [1.29, 1.82) is 0 Å². The van der Waals surface area contributed by atoms with Crippen LogP contribution >= 0.6 is 11.3 Å². The summed E-state index contributed by atoms with van der Waals surface area (Å²) in [5.41, 5.74) is 4.84. The van der Waals surface area contributed by atoms with Gasteiger partial charge < -0.3 is 4.74 Å². The van der Waals surface area contributed by atoms with E-state index in [2.05, 4.69) is 17.5 Å². The van der Waals surface area contributed by atoms with Gasteiger partial charge in [-0.2, -0.15) is 5.10 Å². The second kappa shape index (κ2) is 7.59. The van der Waals surface area contributed by atoms with Crippen LogP contribution < -0.4 is 10.2 Å². The van der Waals surface area contributed by atoms with Crippen molar-refractivity contribution in [2.75, 3.05) is 6.61 Å². The summed E-state index contributed by atoms with van der Waals surface area (Å²) in [5.74, 6) is 0.403. The molecule has 0 bridgehead atoms. The lowest BCUT2D eigenvalue weighted by atomic mass is 10.2. The molecule has 1 N–H and O–H groups in total. The molecular weight excluding hydrogens is 284 g/mol. The number of aryl methyl sites for hydroxylation is 2. The van der Waals surface area contributed by atoms with Gasteiger partial charge in [0.2, 0.25) is 0 Å². The number of hydrogen-bond donors (Lipinski definition) is 1. The second-order valence-electron chi connectivity index (χ2n) is 4.55. The number of rotatable bonds is 6. The lowest BCUT2D eigenvalue weighted by Crippen LogP contribution is -2.24. The lowest BCUT2D eigenvalue weighted by Gasteiger charge is -2.05. The zero-order valence-electron chi connectivity index (χ0n) is 12.1. The second-order valence-corrected chi connectivity index (χ2v) is 5.49. The van der Waals surface area contributed by atoms with Crippen LogP contribution in [0.3, 0.4) is 0 Å². The number of nitrogens with zero attached hydrogens (tertiary/aromatic N) is 1. The summed E-state index contributed by atoms with van der Waals surface area (Å²) in [4.78, 5) is 12.6. The number of hydrazone groups is 1. The molecule has 0 aliphatic rings. The third kappa shape index (κ3) is 4.72. The van der Waals surface area contributed by atoms with E-state index in [4.69, 9.17) is 4.74 Å². The number of thiophene rings is 1. The van der Waals surface area contributed by atoms with Crippen molar-refractivity contribution >= 4 is 23.5 Å². The minimum absolute atomic E-state index is 0.0494. The highest BCUT2D eigenvalue weighted by molar-refractivity contribution is 7.11. The smallest absolute Gasteiger partial charge is 0.277 e. The first-order valence-electron chi connectivity index (χ1n) is 6.76. The maximum absolute atomic E-state index is 11.6. The van der Waals surface area contributed by atoms with E-state index in [1.54, 1.807) is 17.6 Å². The Bertz CT molecular complexity index is 617. The zero-order chi connectivity index (χ0) is 15.1. The third-order valence-electron chi connectivity index (χ3n) is 2.97. The first kappa shape index (κ1) is 15.3. The van der Waals surface area contributed by atoms with Crippen LogP contribution in [-0.2, 0) is 11.2 Å². The molecule has 5 heteroatoms. The van der Waals surface area contributed by atoms with Crippen LogP contribution in [0.25, 0.3) is 0 Å². The number of carbonyl (C=O) groups excluding carboxylic acids is 1.